The summed E-state index contributed by atoms with van der Waals surface area (Å²) in [6, 6.07) is 8.03. The highest BCUT2D eigenvalue weighted by Gasteiger charge is 2.05. The smallest absolute Gasteiger partial charge is 0.0702 e. The van der Waals surface area contributed by atoms with Gasteiger partial charge < -0.3 is 0 Å². The van der Waals surface area contributed by atoms with Crippen molar-refractivity contribution in [3.05, 3.63) is 41.6 Å². The molecule has 0 amide bonds. The minimum absolute atomic E-state index is 0. The van der Waals surface area contributed by atoms with Gasteiger partial charge in [-0.1, -0.05) is 24.3 Å². The molecule has 0 saturated carbocycles. The maximum atomic E-state index is 9.10. The molecule has 1 aliphatic heterocycles. The second-order valence-electron chi connectivity index (χ2n) is 2.61. The number of halogens is 1. The van der Waals surface area contributed by atoms with Crippen LogP contribution in [-0.4, -0.2) is 10.3 Å². The molecule has 1 aromatic rings. The highest BCUT2D eigenvalue weighted by molar-refractivity contribution is 5.85. The molecule has 0 spiro atoms. The van der Waals surface area contributed by atoms with Crippen molar-refractivity contribution < 1.29 is 5.21 Å². The molecule has 3 heteroatoms. The van der Waals surface area contributed by atoms with Crippen LogP contribution in [0.4, 0.5) is 0 Å². The Hall–Kier alpha value is -0.990. The van der Waals surface area contributed by atoms with Crippen molar-refractivity contribution in [3.63, 3.8) is 0 Å². The number of hydrogen-bond donors (Lipinski definition) is 1. The van der Waals surface area contributed by atoms with Crippen molar-refractivity contribution >= 4 is 18.5 Å². The second-order valence-corrected chi connectivity index (χ2v) is 2.61. The first-order valence-corrected chi connectivity index (χ1v) is 3.58. The van der Waals surface area contributed by atoms with Gasteiger partial charge in [-0.2, -0.15) is 0 Å². The van der Waals surface area contributed by atoms with E-state index in [9.17, 15) is 0 Å². The summed E-state index contributed by atoms with van der Waals surface area (Å²) in [6.07, 6.45) is 3.57. The SMILES string of the molecule is Cl.ON1C=Cc2ccccc2C1. The highest BCUT2D eigenvalue weighted by atomic mass is 35.5. The van der Waals surface area contributed by atoms with Crippen LogP contribution in [0.15, 0.2) is 30.5 Å². The van der Waals surface area contributed by atoms with Gasteiger partial charge in [-0.15, -0.1) is 12.4 Å². The van der Waals surface area contributed by atoms with E-state index in [4.69, 9.17) is 5.21 Å². The lowest BCUT2D eigenvalue weighted by Crippen LogP contribution is -2.14. The minimum atomic E-state index is 0. The second kappa shape index (κ2) is 3.61. The highest BCUT2D eigenvalue weighted by Crippen LogP contribution is 2.17. The topological polar surface area (TPSA) is 23.5 Å². The Kier molecular flexibility index (Phi) is 2.74. The summed E-state index contributed by atoms with van der Waals surface area (Å²) in [5.74, 6) is 0. The Bertz CT molecular complexity index is 298. The van der Waals surface area contributed by atoms with E-state index in [2.05, 4.69) is 0 Å². The van der Waals surface area contributed by atoms with E-state index in [0.29, 0.717) is 6.54 Å². The summed E-state index contributed by atoms with van der Waals surface area (Å²) in [7, 11) is 0. The molecule has 0 aliphatic carbocycles. The molecule has 0 bridgehead atoms. The van der Waals surface area contributed by atoms with E-state index in [-0.39, 0.29) is 12.4 Å². The largest absolute Gasteiger partial charge is 0.289 e. The zero-order valence-electron chi connectivity index (χ0n) is 6.47. The van der Waals surface area contributed by atoms with Gasteiger partial charge in [-0.05, 0) is 17.2 Å². The number of rotatable bonds is 0. The van der Waals surface area contributed by atoms with Crippen LogP contribution in [-0.2, 0) is 6.54 Å². The molecule has 1 N–H and O–H groups in total. The van der Waals surface area contributed by atoms with Crippen LogP contribution in [0.3, 0.4) is 0 Å². The first-order chi connectivity index (χ1) is 5.36. The van der Waals surface area contributed by atoms with Crippen molar-refractivity contribution in [3.8, 4) is 0 Å². The lowest BCUT2D eigenvalue weighted by molar-refractivity contribution is -0.0494. The monoisotopic (exact) mass is 183 g/mol. The van der Waals surface area contributed by atoms with E-state index in [1.165, 1.54) is 10.6 Å². The van der Waals surface area contributed by atoms with Crippen LogP contribution in [0.25, 0.3) is 6.08 Å². The molecular weight excluding hydrogens is 174 g/mol. The zero-order chi connectivity index (χ0) is 7.68. The summed E-state index contributed by atoms with van der Waals surface area (Å²) in [5, 5.41) is 10.3. The maximum absolute atomic E-state index is 9.10. The third-order valence-electron chi connectivity index (χ3n) is 1.81. The summed E-state index contributed by atoms with van der Waals surface area (Å²) in [4.78, 5) is 0. The Balaban J connectivity index is 0.000000720. The number of hydrogen-bond acceptors (Lipinski definition) is 2. The van der Waals surface area contributed by atoms with Gasteiger partial charge in [-0.25, -0.2) is 0 Å². The first-order valence-electron chi connectivity index (χ1n) is 3.58. The number of nitrogens with zero attached hydrogens (tertiary/aromatic N) is 1. The number of hydroxylamine groups is 2. The minimum Gasteiger partial charge on any atom is -0.289 e. The molecule has 2 rings (SSSR count). The molecule has 12 heavy (non-hydrogen) atoms. The van der Waals surface area contributed by atoms with Crippen LogP contribution in [0.2, 0.25) is 0 Å². The normalized spacial score (nSPS) is 13.6. The standard InChI is InChI=1S/C9H9NO.ClH/c11-10-6-5-8-3-1-2-4-9(8)7-10;/h1-6,11H,7H2;1H. The lowest BCUT2D eigenvalue weighted by atomic mass is 10.1. The fourth-order valence-corrected chi connectivity index (χ4v) is 1.23. The van der Waals surface area contributed by atoms with Crippen molar-refractivity contribution in [2.24, 2.45) is 0 Å². The third-order valence-corrected chi connectivity index (χ3v) is 1.81. The predicted molar refractivity (Wildman–Crippen MR) is 50.1 cm³/mol. The van der Waals surface area contributed by atoms with Gasteiger partial charge in [0.25, 0.3) is 0 Å². The molecule has 1 aliphatic rings. The molecule has 0 atom stereocenters. The quantitative estimate of drug-likeness (QED) is 0.667. The summed E-state index contributed by atoms with van der Waals surface area (Å²) in [5.41, 5.74) is 2.36. The summed E-state index contributed by atoms with van der Waals surface area (Å²) >= 11 is 0. The Morgan fingerprint density at radius 2 is 2.00 bits per heavy atom. The lowest BCUT2D eigenvalue weighted by Gasteiger charge is -2.18. The van der Waals surface area contributed by atoms with E-state index < -0.39 is 0 Å². The van der Waals surface area contributed by atoms with Crippen molar-refractivity contribution in [2.75, 3.05) is 0 Å². The van der Waals surface area contributed by atoms with Crippen molar-refractivity contribution in [1.29, 1.82) is 0 Å². The predicted octanol–water partition coefficient (Wildman–Crippen LogP) is 2.28. The van der Waals surface area contributed by atoms with Crippen LogP contribution in [0.1, 0.15) is 11.1 Å². The fourth-order valence-electron chi connectivity index (χ4n) is 1.23. The molecule has 64 valence electrons. The third kappa shape index (κ3) is 1.60. The molecule has 0 fully saturated rings. The average Bonchev–Trinajstić information content (AvgIpc) is 2.04. The van der Waals surface area contributed by atoms with Gasteiger partial charge in [-0.3, -0.25) is 10.3 Å². The summed E-state index contributed by atoms with van der Waals surface area (Å²) in [6.45, 7) is 0.590. The summed E-state index contributed by atoms with van der Waals surface area (Å²) < 4.78 is 0. The van der Waals surface area contributed by atoms with E-state index in [1.54, 1.807) is 6.20 Å². The van der Waals surface area contributed by atoms with E-state index >= 15 is 0 Å². The molecule has 1 aromatic carbocycles. The fraction of sp³-hybridized carbons (Fsp3) is 0.111. The van der Waals surface area contributed by atoms with Crippen LogP contribution in [0, 0.1) is 0 Å². The van der Waals surface area contributed by atoms with Gasteiger partial charge in [0.15, 0.2) is 0 Å². The molecule has 0 unspecified atom stereocenters. The Morgan fingerprint density at radius 3 is 2.83 bits per heavy atom. The maximum Gasteiger partial charge on any atom is 0.0702 e. The van der Waals surface area contributed by atoms with E-state index in [1.807, 2.05) is 30.3 Å². The van der Waals surface area contributed by atoms with Crippen LogP contribution < -0.4 is 0 Å². The number of fused-ring (bicyclic) bond motifs is 1. The molecule has 2 nitrogen and oxygen atoms in total. The molecule has 1 heterocycles. The van der Waals surface area contributed by atoms with Gasteiger partial charge >= 0.3 is 0 Å². The molecule has 0 radical (unpaired) electrons. The van der Waals surface area contributed by atoms with Crippen LogP contribution in [0.5, 0.6) is 0 Å². The first kappa shape index (κ1) is 9.10. The van der Waals surface area contributed by atoms with Gasteiger partial charge in [0, 0.05) is 6.20 Å². The molecule has 0 saturated heterocycles. The van der Waals surface area contributed by atoms with Gasteiger partial charge in [0.05, 0.1) is 6.54 Å². The van der Waals surface area contributed by atoms with Gasteiger partial charge in [0.2, 0.25) is 0 Å². The van der Waals surface area contributed by atoms with Gasteiger partial charge in [0.1, 0.15) is 0 Å². The Labute approximate surface area is 77.5 Å². The number of benzene rings is 1. The molecule has 0 aromatic heterocycles. The average molecular weight is 184 g/mol. The zero-order valence-corrected chi connectivity index (χ0v) is 7.29. The van der Waals surface area contributed by atoms with Crippen molar-refractivity contribution in [1.82, 2.24) is 5.06 Å². The van der Waals surface area contributed by atoms with Crippen LogP contribution >= 0.6 is 12.4 Å². The van der Waals surface area contributed by atoms with Crippen molar-refractivity contribution in [2.45, 2.75) is 6.54 Å². The Morgan fingerprint density at radius 1 is 1.25 bits per heavy atom. The van der Waals surface area contributed by atoms with E-state index in [0.717, 1.165) is 5.56 Å². The molecular formula is C9H10ClNO.